The van der Waals surface area contributed by atoms with Crippen LogP contribution in [0, 0.1) is 5.41 Å². The van der Waals surface area contributed by atoms with E-state index in [4.69, 9.17) is 11.6 Å². The van der Waals surface area contributed by atoms with E-state index >= 15 is 0 Å². The maximum absolute atomic E-state index is 6.10. The van der Waals surface area contributed by atoms with Crippen molar-refractivity contribution in [2.45, 2.75) is 38.5 Å². The summed E-state index contributed by atoms with van der Waals surface area (Å²) in [7, 11) is 0. The van der Waals surface area contributed by atoms with E-state index in [-0.39, 0.29) is 0 Å². The summed E-state index contributed by atoms with van der Waals surface area (Å²) in [5.74, 6) is 2.54. The molecule has 0 nitrogen and oxygen atoms in total. The SMILES string of the molecule is CCSCCC1(C(C)Cl)CC1. The zero-order valence-corrected chi connectivity index (χ0v) is 8.97. The highest BCUT2D eigenvalue weighted by Gasteiger charge is 2.45. The Bertz CT molecular complexity index is 119. The third-order valence-electron chi connectivity index (χ3n) is 2.68. The van der Waals surface area contributed by atoms with E-state index < -0.39 is 0 Å². The molecular weight excluding hydrogens is 176 g/mol. The molecule has 0 aromatic carbocycles. The topological polar surface area (TPSA) is 0 Å². The van der Waals surface area contributed by atoms with Crippen LogP contribution in [0.2, 0.25) is 0 Å². The van der Waals surface area contributed by atoms with E-state index in [9.17, 15) is 0 Å². The van der Waals surface area contributed by atoms with Gasteiger partial charge < -0.3 is 0 Å². The third kappa shape index (κ3) is 2.55. The lowest BCUT2D eigenvalue weighted by Gasteiger charge is -2.16. The van der Waals surface area contributed by atoms with Gasteiger partial charge >= 0.3 is 0 Å². The molecule has 0 aliphatic heterocycles. The van der Waals surface area contributed by atoms with Crippen LogP contribution in [0.25, 0.3) is 0 Å². The molecule has 1 atom stereocenters. The lowest BCUT2D eigenvalue weighted by Crippen LogP contribution is -2.13. The second kappa shape index (κ2) is 4.04. The van der Waals surface area contributed by atoms with Crippen molar-refractivity contribution in [1.29, 1.82) is 0 Å². The first kappa shape index (κ1) is 9.73. The number of thioether (sulfide) groups is 1. The highest BCUT2D eigenvalue weighted by atomic mass is 35.5. The third-order valence-corrected chi connectivity index (χ3v) is 4.05. The van der Waals surface area contributed by atoms with Crippen molar-refractivity contribution in [3.63, 3.8) is 0 Å². The van der Waals surface area contributed by atoms with E-state index in [1.807, 2.05) is 11.8 Å². The maximum atomic E-state index is 6.10. The summed E-state index contributed by atoms with van der Waals surface area (Å²) in [5.41, 5.74) is 0.545. The molecule has 11 heavy (non-hydrogen) atoms. The molecule has 1 aliphatic carbocycles. The van der Waals surface area contributed by atoms with E-state index in [2.05, 4.69) is 13.8 Å². The molecule has 0 spiro atoms. The van der Waals surface area contributed by atoms with Gasteiger partial charge in [0.1, 0.15) is 0 Å². The molecule has 0 radical (unpaired) electrons. The van der Waals surface area contributed by atoms with Gasteiger partial charge in [-0.2, -0.15) is 11.8 Å². The Morgan fingerprint density at radius 1 is 1.55 bits per heavy atom. The van der Waals surface area contributed by atoms with Crippen molar-refractivity contribution in [3.05, 3.63) is 0 Å². The Morgan fingerprint density at radius 3 is 2.55 bits per heavy atom. The minimum atomic E-state index is 0.389. The van der Waals surface area contributed by atoms with Crippen molar-refractivity contribution >= 4 is 23.4 Å². The fraction of sp³-hybridized carbons (Fsp3) is 1.00. The summed E-state index contributed by atoms with van der Waals surface area (Å²) in [6.07, 6.45) is 4.06. The van der Waals surface area contributed by atoms with Crippen LogP contribution in [0.15, 0.2) is 0 Å². The molecule has 0 N–H and O–H groups in total. The number of hydrogen-bond acceptors (Lipinski definition) is 1. The Labute approximate surface area is 79.1 Å². The molecule has 0 aromatic heterocycles. The van der Waals surface area contributed by atoms with Gasteiger partial charge in [0.25, 0.3) is 0 Å². The van der Waals surface area contributed by atoms with Gasteiger partial charge in [-0.25, -0.2) is 0 Å². The van der Waals surface area contributed by atoms with Crippen LogP contribution < -0.4 is 0 Å². The van der Waals surface area contributed by atoms with Crippen molar-refractivity contribution in [2.24, 2.45) is 5.41 Å². The van der Waals surface area contributed by atoms with Gasteiger partial charge in [0.05, 0.1) is 0 Å². The number of halogens is 1. The fourth-order valence-corrected chi connectivity index (χ4v) is 2.59. The molecule has 0 bridgehead atoms. The summed E-state index contributed by atoms with van der Waals surface area (Å²) >= 11 is 8.14. The minimum Gasteiger partial charge on any atom is -0.162 e. The number of alkyl halides is 1. The average Bonchev–Trinajstić information content (AvgIpc) is 2.70. The van der Waals surface area contributed by atoms with Gasteiger partial charge in [-0.15, -0.1) is 11.6 Å². The van der Waals surface area contributed by atoms with Crippen LogP contribution in [-0.4, -0.2) is 16.9 Å². The first-order chi connectivity index (χ1) is 5.21. The Hall–Kier alpha value is 0.640. The normalized spacial score (nSPS) is 23.2. The zero-order chi connectivity index (χ0) is 8.32. The van der Waals surface area contributed by atoms with Gasteiger partial charge in [-0.05, 0) is 43.1 Å². The number of hydrogen-bond donors (Lipinski definition) is 0. The van der Waals surface area contributed by atoms with Crippen molar-refractivity contribution in [2.75, 3.05) is 11.5 Å². The average molecular weight is 193 g/mol. The van der Waals surface area contributed by atoms with Gasteiger partial charge in [0, 0.05) is 5.38 Å². The van der Waals surface area contributed by atoms with Gasteiger partial charge in [0.15, 0.2) is 0 Å². The summed E-state index contributed by atoms with van der Waals surface area (Å²) < 4.78 is 0. The predicted octanol–water partition coefficient (Wildman–Crippen LogP) is 3.54. The first-order valence-electron chi connectivity index (χ1n) is 4.43. The molecule has 0 heterocycles. The van der Waals surface area contributed by atoms with Crippen LogP contribution >= 0.6 is 23.4 Å². The Morgan fingerprint density at radius 2 is 2.18 bits per heavy atom. The minimum absolute atomic E-state index is 0.389. The zero-order valence-electron chi connectivity index (χ0n) is 7.40. The number of rotatable bonds is 5. The summed E-state index contributed by atoms with van der Waals surface area (Å²) in [5, 5.41) is 0.389. The summed E-state index contributed by atoms with van der Waals surface area (Å²) in [6.45, 7) is 4.36. The lowest BCUT2D eigenvalue weighted by molar-refractivity contribution is 0.486. The first-order valence-corrected chi connectivity index (χ1v) is 6.02. The maximum Gasteiger partial charge on any atom is 0.0364 e. The van der Waals surface area contributed by atoms with Crippen molar-refractivity contribution < 1.29 is 0 Å². The molecule has 1 aliphatic rings. The highest BCUT2D eigenvalue weighted by molar-refractivity contribution is 7.99. The molecular formula is C9H17ClS. The fourth-order valence-electron chi connectivity index (χ4n) is 1.43. The Balaban J connectivity index is 2.14. The van der Waals surface area contributed by atoms with Crippen LogP contribution in [0.4, 0.5) is 0 Å². The van der Waals surface area contributed by atoms with Crippen molar-refractivity contribution in [3.8, 4) is 0 Å². The Kier molecular flexibility index (Phi) is 3.57. The summed E-state index contributed by atoms with van der Waals surface area (Å²) in [6, 6.07) is 0. The molecule has 2 heteroatoms. The van der Waals surface area contributed by atoms with E-state index in [0.717, 1.165) is 0 Å². The monoisotopic (exact) mass is 192 g/mol. The lowest BCUT2D eigenvalue weighted by atomic mass is 10.0. The van der Waals surface area contributed by atoms with Crippen LogP contribution in [0.5, 0.6) is 0 Å². The largest absolute Gasteiger partial charge is 0.162 e. The second-order valence-electron chi connectivity index (χ2n) is 3.43. The van der Waals surface area contributed by atoms with E-state index in [0.29, 0.717) is 10.8 Å². The smallest absolute Gasteiger partial charge is 0.0364 e. The molecule has 1 fully saturated rings. The summed E-state index contributed by atoms with van der Waals surface area (Å²) in [4.78, 5) is 0. The van der Waals surface area contributed by atoms with Crippen molar-refractivity contribution in [1.82, 2.24) is 0 Å². The van der Waals surface area contributed by atoms with E-state index in [1.165, 1.54) is 30.8 Å². The molecule has 0 saturated heterocycles. The van der Waals surface area contributed by atoms with Gasteiger partial charge in [-0.3, -0.25) is 0 Å². The molecule has 66 valence electrons. The second-order valence-corrected chi connectivity index (χ2v) is 5.47. The van der Waals surface area contributed by atoms with Crippen LogP contribution in [0.3, 0.4) is 0 Å². The molecule has 0 amide bonds. The van der Waals surface area contributed by atoms with Gasteiger partial charge in [0.2, 0.25) is 0 Å². The molecule has 1 unspecified atom stereocenters. The van der Waals surface area contributed by atoms with Crippen LogP contribution in [-0.2, 0) is 0 Å². The predicted molar refractivity (Wildman–Crippen MR) is 54.6 cm³/mol. The highest BCUT2D eigenvalue weighted by Crippen LogP contribution is 2.54. The quantitative estimate of drug-likeness (QED) is 0.475. The molecule has 1 rings (SSSR count). The van der Waals surface area contributed by atoms with E-state index in [1.54, 1.807) is 0 Å². The molecule has 1 saturated carbocycles. The standard InChI is InChI=1S/C9H17ClS/c1-3-11-7-6-9(4-5-9)8(2)10/h8H,3-7H2,1-2H3. The van der Waals surface area contributed by atoms with Gasteiger partial charge in [-0.1, -0.05) is 6.92 Å². The van der Waals surface area contributed by atoms with Crippen LogP contribution in [0.1, 0.15) is 33.1 Å². The molecule has 0 aromatic rings.